The van der Waals surface area contributed by atoms with E-state index in [1.807, 2.05) is 37.1 Å². The summed E-state index contributed by atoms with van der Waals surface area (Å²) in [6.07, 6.45) is 1.03. The Kier molecular flexibility index (Phi) is 5.37. The zero-order chi connectivity index (χ0) is 15.4. The summed E-state index contributed by atoms with van der Waals surface area (Å²) < 4.78 is 0. The van der Waals surface area contributed by atoms with Crippen molar-refractivity contribution in [3.63, 3.8) is 0 Å². The number of likely N-dealkylation sites (tertiary alicyclic amines) is 1. The molecule has 0 spiro atoms. The van der Waals surface area contributed by atoms with Gasteiger partial charge < -0.3 is 10.6 Å². The summed E-state index contributed by atoms with van der Waals surface area (Å²) in [5.41, 5.74) is 6.98. The second kappa shape index (κ2) is 7.05. The maximum absolute atomic E-state index is 12.7. The van der Waals surface area contributed by atoms with Crippen LogP contribution in [0.3, 0.4) is 0 Å². The van der Waals surface area contributed by atoms with Gasteiger partial charge in [-0.2, -0.15) is 0 Å². The van der Waals surface area contributed by atoms with E-state index in [1.54, 1.807) is 0 Å². The SMILES string of the molecule is CC(C(=O)N1CC(CN)CC1C)N(C)Cc1ccccc1. The monoisotopic (exact) mass is 289 g/mol. The van der Waals surface area contributed by atoms with Gasteiger partial charge in [0.25, 0.3) is 0 Å². The Morgan fingerprint density at radius 1 is 1.43 bits per heavy atom. The van der Waals surface area contributed by atoms with Crippen molar-refractivity contribution in [2.45, 2.75) is 38.9 Å². The molecule has 0 radical (unpaired) electrons. The van der Waals surface area contributed by atoms with E-state index in [0.29, 0.717) is 18.5 Å². The number of nitrogens with two attached hydrogens (primary N) is 1. The third kappa shape index (κ3) is 3.83. The Labute approximate surface area is 127 Å². The van der Waals surface area contributed by atoms with Gasteiger partial charge in [-0.25, -0.2) is 0 Å². The molecule has 0 saturated carbocycles. The second-order valence-corrected chi connectivity index (χ2v) is 6.25. The standard InChI is InChI=1S/C17H27N3O/c1-13-9-16(10-18)12-20(13)17(21)14(2)19(3)11-15-7-5-4-6-8-15/h4-8,13-14,16H,9-12,18H2,1-3H3. The number of hydrogen-bond acceptors (Lipinski definition) is 3. The van der Waals surface area contributed by atoms with Gasteiger partial charge in [-0.15, -0.1) is 0 Å². The number of amides is 1. The molecule has 1 saturated heterocycles. The van der Waals surface area contributed by atoms with Crippen molar-refractivity contribution in [3.8, 4) is 0 Å². The lowest BCUT2D eigenvalue weighted by atomic mass is 10.1. The zero-order valence-electron chi connectivity index (χ0n) is 13.3. The van der Waals surface area contributed by atoms with E-state index in [4.69, 9.17) is 5.73 Å². The first kappa shape index (κ1) is 16.0. The van der Waals surface area contributed by atoms with Crippen LogP contribution in [0, 0.1) is 5.92 Å². The van der Waals surface area contributed by atoms with E-state index in [0.717, 1.165) is 19.5 Å². The largest absolute Gasteiger partial charge is 0.338 e. The fourth-order valence-electron chi connectivity index (χ4n) is 3.06. The van der Waals surface area contributed by atoms with Crippen LogP contribution in [0.2, 0.25) is 0 Å². The number of likely N-dealkylation sites (N-methyl/N-ethyl adjacent to an activating group) is 1. The van der Waals surface area contributed by atoms with Gasteiger partial charge >= 0.3 is 0 Å². The van der Waals surface area contributed by atoms with Crippen LogP contribution in [0.4, 0.5) is 0 Å². The minimum absolute atomic E-state index is 0.107. The predicted octanol–water partition coefficient (Wildman–Crippen LogP) is 1.70. The van der Waals surface area contributed by atoms with E-state index in [9.17, 15) is 4.79 Å². The molecule has 1 fully saturated rings. The van der Waals surface area contributed by atoms with E-state index in [-0.39, 0.29) is 11.9 Å². The summed E-state index contributed by atoms with van der Waals surface area (Å²) in [6.45, 7) is 6.38. The van der Waals surface area contributed by atoms with E-state index in [2.05, 4.69) is 24.0 Å². The number of carbonyl (C=O) groups excluding carboxylic acids is 1. The minimum Gasteiger partial charge on any atom is -0.338 e. The molecule has 21 heavy (non-hydrogen) atoms. The Morgan fingerprint density at radius 3 is 2.67 bits per heavy atom. The first-order valence-electron chi connectivity index (χ1n) is 7.77. The molecule has 3 unspecified atom stereocenters. The number of rotatable bonds is 5. The van der Waals surface area contributed by atoms with Crippen LogP contribution < -0.4 is 5.73 Å². The molecule has 0 aromatic heterocycles. The fourth-order valence-corrected chi connectivity index (χ4v) is 3.06. The first-order valence-corrected chi connectivity index (χ1v) is 7.77. The molecule has 3 atom stereocenters. The number of benzene rings is 1. The lowest BCUT2D eigenvalue weighted by molar-refractivity contribution is -0.136. The fraction of sp³-hybridized carbons (Fsp3) is 0.588. The van der Waals surface area contributed by atoms with Crippen molar-refractivity contribution >= 4 is 5.91 Å². The van der Waals surface area contributed by atoms with Gasteiger partial charge in [-0.1, -0.05) is 30.3 Å². The second-order valence-electron chi connectivity index (χ2n) is 6.25. The van der Waals surface area contributed by atoms with Crippen LogP contribution in [0.25, 0.3) is 0 Å². The topological polar surface area (TPSA) is 49.6 Å². The highest BCUT2D eigenvalue weighted by Crippen LogP contribution is 2.23. The number of hydrogen-bond donors (Lipinski definition) is 1. The highest BCUT2D eigenvalue weighted by molar-refractivity contribution is 5.82. The molecule has 1 amide bonds. The van der Waals surface area contributed by atoms with Crippen LogP contribution in [0.15, 0.2) is 30.3 Å². The molecule has 4 heteroatoms. The molecule has 0 aliphatic carbocycles. The minimum atomic E-state index is -0.107. The summed E-state index contributed by atoms with van der Waals surface area (Å²) in [6, 6.07) is 10.5. The number of nitrogens with zero attached hydrogens (tertiary/aromatic N) is 2. The molecule has 1 aromatic rings. The number of carbonyl (C=O) groups is 1. The van der Waals surface area contributed by atoms with Gasteiger partial charge in [0.05, 0.1) is 6.04 Å². The lowest BCUT2D eigenvalue weighted by Gasteiger charge is -2.30. The van der Waals surface area contributed by atoms with Crippen molar-refractivity contribution in [3.05, 3.63) is 35.9 Å². The summed E-state index contributed by atoms with van der Waals surface area (Å²) >= 11 is 0. The van der Waals surface area contributed by atoms with E-state index < -0.39 is 0 Å². The van der Waals surface area contributed by atoms with Crippen molar-refractivity contribution in [1.82, 2.24) is 9.80 Å². The molecule has 0 bridgehead atoms. The van der Waals surface area contributed by atoms with Crippen LogP contribution in [-0.2, 0) is 11.3 Å². The molecule has 1 heterocycles. The Morgan fingerprint density at radius 2 is 2.10 bits per heavy atom. The van der Waals surface area contributed by atoms with Crippen molar-refractivity contribution in [2.75, 3.05) is 20.1 Å². The molecule has 2 rings (SSSR count). The summed E-state index contributed by atoms with van der Waals surface area (Å²) in [7, 11) is 2.01. The maximum atomic E-state index is 12.7. The first-order chi connectivity index (χ1) is 10.0. The third-order valence-corrected chi connectivity index (χ3v) is 4.57. The van der Waals surface area contributed by atoms with Gasteiger partial charge in [0, 0.05) is 19.1 Å². The van der Waals surface area contributed by atoms with Gasteiger partial charge in [0.1, 0.15) is 0 Å². The Bertz CT molecular complexity index is 462. The van der Waals surface area contributed by atoms with Gasteiger partial charge in [-0.05, 0) is 45.3 Å². The lowest BCUT2D eigenvalue weighted by Crippen LogP contribution is -2.46. The van der Waals surface area contributed by atoms with Crippen LogP contribution in [0.1, 0.15) is 25.8 Å². The average molecular weight is 289 g/mol. The molecule has 2 N–H and O–H groups in total. The van der Waals surface area contributed by atoms with Gasteiger partial charge in [0.2, 0.25) is 5.91 Å². The summed E-state index contributed by atoms with van der Waals surface area (Å²) in [5, 5.41) is 0. The van der Waals surface area contributed by atoms with Crippen molar-refractivity contribution in [2.24, 2.45) is 11.7 Å². The smallest absolute Gasteiger partial charge is 0.239 e. The molecule has 4 nitrogen and oxygen atoms in total. The van der Waals surface area contributed by atoms with Crippen LogP contribution in [-0.4, -0.2) is 47.9 Å². The normalized spacial score (nSPS) is 23.6. The molecule has 1 aromatic carbocycles. The Balaban J connectivity index is 1.95. The quantitative estimate of drug-likeness (QED) is 0.897. The summed E-state index contributed by atoms with van der Waals surface area (Å²) in [4.78, 5) is 16.8. The molecule has 116 valence electrons. The molecular weight excluding hydrogens is 262 g/mol. The van der Waals surface area contributed by atoms with Crippen LogP contribution >= 0.6 is 0 Å². The van der Waals surface area contributed by atoms with Gasteiger partial charge in [0.15, 0.2) is 0 Å². The van der Waals surface area contributed by atoms with E-state index in [1.165, 1.54) is 5.56 Å². The summed E-state index contributed by atoms with van der Waals surface area (Å²) in [5.74, 6) is 0.674. The van der Waals surface area contributed by atoms with E-state index >= 15 is 0 Å². The van der Waals surface area contributed by atoms with Gasteiger partial charge in [-0.3, -0.25) is 9.69 Å². The average Bonchev–Trinajstić information content (AvgIpc) is 2.88. The molecular formula is C17H27N3O. The third-order valence-electron chi connectivity index (χ3n) is 4.57. The molecule has 1 aliphatic heterocycles. The van der Waals surface area contributed by atoms with Crippen molar-refractivity contribution < 1.29 is 4.79 Å². The highest BCUT2D eigenvalue weighted by Gasteiger charge is 2.34. The van der Waals surface area contributed by atoms with Crippen molar-refractivity contribution in [1.29, 1.82) is 0 Å². The van der Waals surface area contributed by atoms with Crippen LogP contribution in [0.5, 0.6) is 0 Å². The maximum Gasteiger partial charge on any atom is 0.239 e. The highest BCUT2D eigenvalue weighted by atomic mass is 16.2. The predicted molar refractivity (Wildman–Crippen MR) is 85.7 cm³/mol. The Hall–Kier alpha value is -1.39. The molecule has 1 aliphatic rings. The zero-order valence-corrected chi connectivity index (χ0v) is 13.3.